The average molecular weight is 338 g/mol. The van der Waals surface area contributed by atoms with Crippen LogP contribution in [0.3, 0.4) is 0 Å². The molecule has 2 heterocycles. The van der Waals surface area contributed by atoms with E-state index in [9.17, 15) is 9.59 Å². The van der Waals surface area contributed by atoms with Gasteiger partial charge in [0, 0.05) is 24.9 Å². The Hall–Kier alpha value is -1.81. The molecule has 7 nitrogen and oxygen atoms in total. The highest BCUT2D eigenvalue weighted by Crippen LogP contribution is 2.18. The fraction of sp³-hybridized carbons (Fsp3) is 0.824. The van der Waals surface area contributed by atoms with Crippen LogP contribution >= 0.6 is 0 Å². The maximum atomic E-state index is 11.6. The van der Waals surface area contributed by atoms with Crippen molar-refractivity contribution < 1.29 is 14.3 Å². The molecule has 2 rings (SSSR count). The Morgan fingerprint density at radius 1 is 1.17 bits per heavy atom. The van der Waals surface area contributed by atoms with Gasteiger partial charge < -0.3 is 20.7 Å². The van der Waals surface area contributed by atoms with Gasteiger partial charge in [0.1, 0.15) is 5.60 Å². The van der Waals surface area contributed by atoms with Gasteiger partial charge in [-0.05, 0) is 59.5 Å². The molecule has 2 amide bonds. The van der Waals surface area contributed by atoms with Gasteiger partial charge in [0.25, 0.3) is 0 Å². The minimum Gasteiger partial charge on any atom is -0.444 e. The molecule has 0 unspecified atom stereocenters. The minimum atomic E-state index is -0.441. The van der Waals surface area contributed by atoms with Crippen LogP contribution in [-0.4, -0.2) is 48.7 Å². The molecule has 2 saturated heterocycles. The number of nitriles is 1. The highest BCUT2D eigenvalue weighted by Gasteiger charge is 2.26. The van der Waals surface area contributed by atoms with E-state index in [1.807, 2.05) is 20.8 Å². The molecule has 0 aromatic heterocycles. The number of hydrogen-bond acceptors (Lipinski definition) is 5. The van der Waals surface area contributed by atoms with Crippen LogP contribution in [0.5, 0.6) is 0 Å². The minimum absolute atomic E-state index is 0.101. The number of amides is 2. The molecule has 3 N–H and O–H groups in total. The molecule has 136 valence electrons. The highest BCUT2D eigenvalue weighted by atomic mass is 16.6. The Kier molecular flexibility index (Phi) is 7.99. The van der Waals surface area contributed by atoms with E-state index in [-0.39, 0.29) is 23.8 Å². The number of ether oxygens (including phenoxy) is 1. The lowest BCUT2D eigenvalue weighted by atomic mass is 9.98. The third-order valence-corrected chi connectivity index (χ3v) is 4.07. The molecule has 24 heavy (non-hydrogen) atoms. The SMILES string of the molecule is CC(C)(C)OC(=O)N1CCC(C#N)CC1.NC(=O)C1CCNCC1. The number of nitrogens with one attached hydrogen (secondary N) is 1. The third kappa shape index (κ3) is 7.64. The van der Waals surface area contributed by atoms with Gasteiger partial charge in [0.2, 0.25) is 5.91 Å². The molecule has 0 spiro atoms. The van der Waals surface area contributed by atoms with Crippen molar-refractivity contribution in [2.24, 2.45) is 17.6 Å². The average Bonchev–Trinajstić information content (AvgIpc) is 2.55. The summed E-state index contributed by atoms with van der Waals surface area (Å²) < 4.78 is 5.25. The molecule has 0 aromatic rings. The monoisotopic (exact) mass is 338 g/mol. The van der Waals surface area contributed by atoms with Gasteiger partial charge in [0.05, 0.1) is 6.07 Å². The number of rotatable bonds is 1. The summed E-state index contributed by atoms with van der Waals surface area (Å²) in [7, 11) is 0. The molecule has 0 aromatic carbocycles. The van der Waals surface area contributed by atoms with Gasteiger partial charge in [-0.25, -0.2) is 4.79 Å². The van der Waals surface area contributed by atoms with Gasteiger partial charge >= 0.3 is 6.09 Å². The normalized spacial score (nSPS) is 19.7. The fourth-order valence-electron chi connectivity index (χ4n) is 2.62. The summed E-state index contributed by atoms with van der Waals surface area (Å²) in [4.78, 5) is 23.9. The smallest absolute Gasteiger partial charge is 0.410 e. The zero-order valence-electron chi connectivity index (χ0n) is 15.0. The number of likely N-dealkylation sites (tertiary alicyclic amines) is 1. The molecule has 7 heteroatoms. The van der Waals surface area contributed by atoms with Gasteiger partial charge in [-0.1, -0.05) is 0 Å². The number of carbonyl (C=O) groups is 2. The van der Waals surface area contributed by atoms with Crippen molar-refractivity contribution in [3.63, 3.8) is 0 Å². The Morgan fingerprint density at radius 3 is 2.08 bits per heavy atom. The van der Waals surface area contributed by atoms with Crippen molar-refractivity contribution in [3.8, 4) is 6.07 Å². The maximum absolute atomic E-state index is 11.6. The Labute approximate surface area is 144 Å². The van der Waals surface area contributed by atoms with E-state index in [0.717, 1.165) is 38.8 Å². The van der Waals surface area contributed by atoms with E-state index >= 15 is 0 Å². The molecule has 0 radical (unpaired) electrons. The van der Waals surface area contributed by atoms with Gasteiger partial charge in [-0.15, -0.1) is 0 Å². The lowest BCUT2D eigenvalue weighted by Gasteiger charge is -2.31. The van der Waals surface area contributed by atoms with Crippen LogP contribution < -0.4 is 11.1 Å². The molecule has 0 bridgehead atoms. The first kappa shape index (κ1) is 20.2. The Balaban J connectivity index is 0.000000272. The van der Waals surface area contributed by atoms with Crippen molar-refractivity contribution in [3.05, 3.63) is 0 Å². The van der Waals surface area contributed by atoms with E-state index in [1.165, 1.54) is 0 Å². The van der Waals surface area contributed by atoms with Crippen LogP contribution in [0.4, 0.5) is 4.79 Å². The first-order valence-corrected chi connectivity index (χ1v) is 8.60. The topological polar surface area (TPSA) is 108 Å². The zero-order valence-corrected chi connectivity index (χ0v) is 15.0. The summed E-state index contributed by atoms with van der Waals surface area (Å²) in [6, 6.07) is 2.23. The number of piperidine rings is 2. The predicted octanol–water partition coefficient (Wildman–Crippen LogP) is 1.63. The van der Waals surface area contributed by atoms with Crippen molar-refractivity contribution in [2.75, 3.05) is 26.2 Å². The molecule has 0 saturated carbocycles. The molecule has 2 aliphatic rings. The Morgan fingerprint density at radius 2 is 1.71 bits per heavy atom. The zero-order chi connectivity index (χ0) is 18.2. The molecule has 2 fully saturated rings. The summed E-state index contributed by atoms with van der Waals surface area (Å²) in [6.07, 6.45) is 3.08. The van der Waals surface area contributed by atoms with Gasteiger partial charge in [-0.2, -0.15) is 5.26 Å². The van der Waals surface area contributed by atoms with Crippen LogP contribution in [0, 0.1) is 23.2 Å². The maximum Gasteiger partial charge on any atom is 0.410 e. The van der Waals surface area contributed by atoms with E-state index < -0.39 is 5.60 Å². The lowest BCUT2D eigenvalue weighted by Crippen LogP contribution is -2.41. The second kappa shape index (κ2) is 9.48. The van der Waals surface area contributed by atoms with Crippen molar-refractivity contribution >= 4 is 12.0 Å². The predicted molar refractivity (Wildman–Crippen MR) is 90.9 cm³/mol. The van der Waals surface area contributed by atoms with E-state index in [0.29, 0.717) is 13.1 Å². The van der Waals surface area contributed by atoms with Crippen LogP contribution in [0.15, 0.2) is 0 Å². The van der Waals surface area contributed by atoms with E-state index in [2.05, 4.69) is 11.4 Å². The van der Waals surface area contributed by atoms with Crippen LogP contribution in [0.25, 0.3) is 0 Å². The van der Waals surface area contributed by atoms with Gasteiger partial charge in [0.15, 0.2) is 0 Å². The fourth-order valence-corrected chi connectivity index (χ4v) is 2.62. The summed E-state index contributed by atoms with van der Waals surface area (Å²) in [5.74, 6) is 0.0893. The number of carbonyl (C=O) groups excluding carboxylic acids is 2. The van der Waals surface area contributed by atoms with Gasteiger partial charge in [-0.3, -0.25) is 4.79 Å². The first-order chi connectivity index (χ1) is 11.2. The summed E-state index contributed by atoms with van der Waals surface area (Å²) in [5, 5.41) is 11.9. The van der Waals surface area contributed by atoms with Crippen LogP contribution in [0.2, 0.25) is 0 Å². The second-order valence-electron chi connectivity index (χ2n) is 7.30. The van der Waals surface area contributed by atoms with Crippen molar-refractivity contribution in [2.45, 2.75) is 52.1 Å². The highest BCUT2D eigenvalue weighted by molar-refractivity contribution is 5.76. The quantitative estimate of drug-likeness (QED) is 0.755. The number of hydrogen-bond donors (Lipinski definition) is 2. The first-order valence-electron chi connectivity index (χ1n) is 8.60. The van der Waals surface area contributed by atoms with Crippen molar-refractivity contribution in [1.82, 2.24) is 10.2 Å². The lowest BCUT2D eigenvalue weighted by molar-refractivity contribution is -0.122. The standard InChI is InChI=1S/C11H18N2O2.C6H12N2O/c1-11(2,3)15-10(14)13-6-4-9(8-12)5-7-13;7-6(9)5-1-3-8-4-2-5/h9H,4-7H2,1-3H3;5,8H,1-4H2,(H2,7,9). The number of nitrogens with zero attached hydrogens (tertiary/aromatic N) is 2. The largest absolute Gasteiger partial charge is 0.444 e. The molecule has 0 aliphatic carbocycles. The van der Waals surface area contributed by atoms with Crippen LogP contribution in [-0.2, 0) is 9.53 Å². The molecule has 0 atom stereocenters. The van der Waals surface area contributed by atoms with Crippen LogP contribution in [0.1, 0.15) is 46.5 Å². The van der Waals surface area contributed by atoms with E-state index in [1.54, 1.807) is 4.90 Å². The number of primary amides is 1. The summed E-state index contributed by atoms with van der Waals surface area (Å²) >= 11 is 0. The molecular weight excluding hydrogens is 308 g/mol. The molecule has 2 aliphatic heterocycles. The number of nitrogens with two attached hydrogens (primary N) is 1. The molecular formula is C17H30N4O3. The Bertz CT molecular complexity index is 453. The van der Waals surface area contributed by atoms with Crippen molar-refractivity contribution in [1.29, 1.82) is 5.26 Å². The summed E-state index contributed by atoms with van der Waals surface area (Å²) in [5.41, 5.74) is 4.66. The summed E-state index contributed by atoms with van der Waals surface area (Å²) in [6.45, 7) is 8.70. The van der Waals surface area contributed by atoms with E-state index in [4.69, 9.17) is 15.7 Å². The second-order valence-corrected chi connectivity index (χ2v) is 7.30. The third-order valence-electron chi connectivity index (χ3n) is 4.07.